The Morgan fingerprint density at radius 3 is 1.33 bits per heavy atom. The zero-order valence-electron chi connectivity index (χ0n) is 20.9. The number of rotatable bonds is 22. The van der Waals surface area contributed by atoms with Gasteiger partial charge in [-0.3, -0.25) is 0 Å². The van der Waals surface area contributed by atoms with Gasteiger partial charge in [-0.05, 0) is 62.9 Å². The third kappa shape index (κ3) is 15.1. The van der Waals surface area contributed by atoms with Gasteiger partial charge in [-0.25, -0.2) is 0 Å². The first-order valence-electron chi connectivity index (χ1n) is 12.1. The van der Waals surface area contributed by atoms with Gasteiger partial charge in [0, 0.05) is 28.4 Å². The molecule has 182 valence electrons. The molecule has 0 rings (SSSR count). The van der Waals surface area contributed by atoms with Crippen LogP contribution in [0.5, 0.6) is 0 Å². The molecule has 2 atom stereocenters. The molecular formula is C22H52N2O4Si2. The van der Waals surface area contributed by atoms with Crippen molar-refractivity contribution in [3.05, 3.63) is 0 Å². The molecule has 0 spiro atoms. The van der Waals surface area contributed by atoms with Crippen molar-refractivity contribution in [3.8, 4) is 0 Å². The lowest BCUT2D eigenvalue weighted by Gasteiger charge is -2.27. The highest BCUT2D eigenvalue weighted by Crippen LogP contribution is 2.20. The largest absolute Gasteiger partial charge is 0.400 e. The quantitative estimate of drug-likeness (QED) is 0.193. The number of hydrogen-bond donors (Lipinski definition) is 1. The van der Waals surface area contributed by atoms with Gasteiger partial charge in [-0.15, -0.1) is 0 Å². The Kier molecular flexibility index (Phi) is 21.2. The van der Waals surface area contributed by atoms with Crippen LogP contribution in [0.4, 0.5) is 0 Å². The van der Waals surface area contributed by atoms with Crippen LogP contribution in [0.2, 0.25) is 11.1 Å². The van der Waals surface area contributed by atoms with Crippen LogP contribution in [0, 0.1) is 0 Å². The fourth-order valence-corrected chi connectivity index (χ4v) is 7.13. The van der Waals surface area contributed by atoms with E-state index in [1.165, 1.54) is 57.9 Å². The monoisotopic (exact) mass is 464 g/mol. The Hall–Kier alpha value is 0.194. The van der Waals surface area contributed by atoms with Crippen LogP contribution >= 0.6 is 0 Å². The van der Waals surface area contributed by atoms with Gasteiger partial charge in [0.25, 0.3) is 0 Å². The molecule has 2 unspecified atom stereocenters. The maximum absolute atomic E-state index is 5.58. The van der Waals surface area contributed by atoms with Crippen LogP contribution in [0.25, 0.3) is 0 Å². The summed E-state index contributed by atoms with van der Waals surface area (Å²) in [6.07, 6.45) is 12.8. The van der Waals surface area contributed by atoms with Crippen LogP contribution in [-0.4, -0.2) is 78.1 Å². The second-order valence-corrected chi connectivity index (χ2v) is 14.3. The van der Waals surface area contributed by atoms with Crippen LogP contribution in [0.1, 0.15) is 78.1 Å². The minimum Gasteiger partial charge on any atom is -0.400 e. The highest BCUT2D eigenvalue weighted by Gasteiger charge is 2.22. The van der Waals surface area contributed by atoms with E-state index < -0.39 is 18.6 Å². The molecule has 0 aromatic heterocycles. The van der Waals surface area contributed by atoms with Crippen molar-refractivity contribution in [1.82, 2.24) is 4.90 Å². The van der Waals surface area contributed by atoms with E-state index in [9.17, 15) is 0 Å². The van der Waals surface area contributed by atoms with E-state index in [0.717, 1.165) is 32.5 Å². The minimum atomic E-state index is -1.53. The van der Waals surface area contributed by atoms with Crippen LogP contribution in [-0.2, 0) is 17.7 Å². The Bertz CT molecular complexity index is 340. The zero-order valence-corrected chi connectivity index (χ0v) is 23.2. The molecule has 0 amide bonds. The summed E-state index contributed by atoms with van der Waals surface area (Å²) in [7, 11) is 4.07. The van der Waals surface area contributed by atoms with Crippen molar-refractivity contribution in [2.75, 3.05) is 54.6 Å². The average Bonchev–Trinajstić information content (AvgIpc) is 2.75. The van der Waals surface area contributed by atoms with Crippen molar-refractivity contribution >= 4 is 18.6 Å². The molecule has 0 bridgehead atoms. The summed E-state index contributed by atoms with van der Waals surface area (Å²) in [5.41, 5.74) is 6.60. The molecular weight excluding hydrogens is 412 g/mol. The van der Waals surface area contributed by atoms with E-state index >= 15 is 0 Å². The summed E-state index contributed by atoms with van der Waals surface area (Å²) in [5, 5.41) is 0. The van der Waals surface area contributed by atoms with Crippen molar-refractivity contribution < 1.29 is 17.7 Å². The number of unbranched alkanes of at least 4 members (excludes halogenated alkanes) is 7. The highest BCUT2D eigenvalue weighted by molar-refractivity contribution is 6.46. The van der Waals surface area contributed by atoms with Gasteiger partial charge in [-0.2, -0.15) is 0 Å². The summed E-state index contributed by atoms with van der Waals surface area (Å²) in [4.78, 5) is 2.64. The van der Waals surface area contributed by atoms with Crippen LogP contribution < -0.4 is 5.73 Å². The molecule has 6 nitrogen and oxygen atoms in total. The first kappa shape index (κ1) is 30.2. The fourth-order valence-electron chi connectivity index (χ4n) is 4.04. The molecule has 0 heterocycles. The normalized spacial score (nSPS) is 14.2. The summed E-state index contributed by atoms with van der Waals surface area (Å²) >= 11 is 0. The second kappa shape index (κ2) is 21.1. The fraction of sp³-hybridized carbons (Fsp3) is 1.00. The molecule has 0 aromatic carbocycles. The maximum Gasteiger partial charge on any atom is 0.323 e. The summed E-state index contributed by atoms with van der Waals surface area (Å²) in [6, 6.07) is 0. The van der Waals surface area contributed by atoms with E-state index in [-0.39, 0.29) is 0 Å². The third-order valence-corrected chi connectivity index (χ3v) is 10.5. The van der Waals surface area contributed by atoms with Crippen molar-refractivity contribution in [3.63, 3.8) is 0 Å². The Labute approximate surface area is 190 Å². The maximum atomic E-state index is 5.58. The standard InChI is InChI=1S/C22H52N2O4Si2/c1-21(29(25-3)26-4)15-19-24(20-16-22(2)30(27-5)28-6)18-14-12-10-8-7-9-11-13-17-23/h21-22,29-30H,7-20,23H2,1-6H3. The number of nitrogens with zero attached hydrogens (tertiary/aromatic N) is 1. The topological polar surface area (TPSA) is 66.2 Å². The van der Waals surface area contributed by atoms with E-state index in [0.29, 0.717) is 11.1 Å². The Morgan fingerprint density at radius 2 is 0.967 bits per heavy atom. The van der Waals surface area contributed by atoms with Gasteiger partial charge >= 0.3 is 18.6 Å². The smallest absolute Gasteiger partial charge is 0.323 e. The lowest BCUT2D eigenvalue weighted by Crippen LogP contribution is -2.33. The first-order valence-corrected chi connectivity index (χ1v) is 15.3. The van der Waals surface area contributed by atoms with Crippen molar-refractivity contribution in [1.29, 1.82) is 0 Å². The molecule has 0 aliphatic heterocycles. The molecule has 30 heavy (non-hydrogen) atoms. The van der Waals surface area contributed by atoms with Gasteiger partial charge in [-0.1, -0.05) is 52.4 Å². The highest BCUT2D eigenvalue weighted by atomic mass is 28.3. The van der Waals surface area contributed by atoms with E-state index in [1.54, 1.807) is 28.4 Å². The SMILES string of the molecule is CO[SiH](OC)C(C)CCN(CCCCCCCCCCN)CCC(C)[SiH](OC)OC. The molecule has 8 heteroatoms. The average molecular weight is 465 g/mol. The predicted molar refractivity (Wildman–Crippen MR) is 133 cm³/mol. The van der Waals surface area contributed by atoms with Gasteiger partial charge in [0.15, 0.2) is 0 Å². The van der Waals surface area contributed by atoms with Gasteiger partial charge in [0.05, 0.1) is 0 Å². The van der Waals surface area contributed by atoms with E-state index in [1.807, 2.05) is 0 Å². The predicted octanol–water partition coefficient (Wildman–Crippen LogP) is 3.95. The summed E-state index contributed by atoms with van der Waals surface area (Å²) < 4.78 is 22.3. The van der Waals surface area contributed by atoms with Gasteiger partial charge in [0.1, 0.15) is 0 Å². The molecule has 0 radical (unpaired) electrons. The first-order chi connectivity index (χ1) is 14.5. The molecule has 0 aromatic rings. The lowest BCUT2D eigenvalue weighted by atomic mass is 10.1. The molecule has 2 N–H and O–H groups in total. The molecule has 0 fully saturated rings. The minimum absolute atomic E-state index is 0.522. The molecule has 0 saturated carbocycles. The summed E-state index contributed by atoms with van der Waals surface area (Å²) in [6.45, 7) is 8.81. The number of hydrogen-bond acceptors (Lipinski definition) is 6. The Morgan fingerprint density at radius 1 is 0.600 bits per heavy atom. The Balaban J connectivity index is 4.32. The lowest BCUT2D eigenvalue weighted by molar-refractivity contribution is 0.228. The van der Waals surface area contributed by atoms with E-state index in [2.05, 4.69) is 18.7 Å². The third-order valence-electron chi connectivity index (χ3n) is 6.09. The van der Waals surface area contributed by atoms with E-state index in [4.69, 9.17) is 23.4 Å². The molecule has 0 aliphatic rings. The second-order valence-electron chi connectivity index (χ2n) is 8.67. The van der Waals surface area contributed by atoms with Gasteiger partial charge in [0.2, 0.25) is 0 Å². The van der Waals surface area contributed by atoms with Crippen molar-refractivity contribution in [2.45, 2.75) is 89.1 Å². The van der Waals surface area contributed by atoms with Gasteiger partial charge < -0.3 is 28.3 Å². The van der Waals surface area contributed by atoms with Crippen LogP contribution in [0.15, 0.2) is 0 Å². The summed E-state index contributed by atoms with van der Waals surface area (Å²) in [5.74, 6) is 0. The van der Waals surface area contributed by atoms with Crippen molar-refractivity contribution in [2.24, 2.45) is 5.73 Å². The molecule has 0 aliphatic carbocycles. The number of nitrogens with two attached hydrogens (primary N) is 1. The molecule has 0 saturated heterocycles. The zero-order chi connectivity index (χ0) is 22.6. The van der Waals surface area contributed by atoms with Crippen LogP contribution in [0.3, 0.4) is 0 Å².